The molecular formula is C44H90O6Sn. The van der Waals surface area contributed by atoms with Gasteiger partial charge < -0.3 is 20.4 Å². The third-order valence-electron chi connectivity index (χ3n) is 9.55. The third kappa shape index (κ3) is 59.2. The Labute approximate surface area is 328 Å². The molecule has 306 valence electrons. The first-order valence-corrected chi connectivity index (χ1v) is 26.3. The van der Waals surface area contributed by atoms with Gasteiger partial charge in [0.1, 0.15) is 0 Å². The van der Waals surface area contributed by atoms with E-state index >= 15 is 0 Å². The molecule has 0 saturated carbocycles. The minimum absolute atomic E-state index is 0.0853. The fraction of sp³-hybridized carbons (Fsp3) is 0.955. The molecule has 0 fully saturated rings. The third-order valence-corrected chi connectivity index (χ3v) is 13.6. The van der Waals surface area contributed by atoms with Crippen molar-refractivity contribution in [1.29, 1.82) is 0 Å². The van der Waals surface area contributed by atoms with E-state index in [1.807, 2.05) is 0 Å². The molecule has 6 nitrogen and oxygen atoms in total. The van der Waals surface area contributed by atoms with Crippen molar-refractivity contribution < 1.29 is 30.0 Å². The molecular weight excluding hydrogens is 743 g/mol. The summed E-state index contributed by atoms with van der Waals surface area (Å²) < 4.78 is 3.25. The monoisotopic (exact) mass is 835 g/mol. The van der Waals surface area contributed by atoms with Crippen molar-refractivity contribution in [3.05, 3.63) is 0 Å². The standard InChI is InChI=1S/2C18H36O3.2C4H9.Sn/c2*1-2-3-4-11-14-17(19)15-12-9-7-5-6-8-10-13-16-18(20)21;2*1-3-4-2;/h2*17,19H,2-16H2,1H3,(H,20,21);2*1,3-4H2,2H3;. The molecule has 0 spiro atoms. The summed E-state index contributed by atoms with van der Waals surface area (Å²) in [5.74, 6) is -1.36. The summed E-state index contributed by atoms with van der Waals surface area (Å²) in [5, 5.41) is 36.7. The van der Waals surface area contributed by atoms with Crippen molar-refractivity contribution in [2.45, 2.75) is 267 Å². The molecule has 0 bridgehead atoms. The van der Waals surface area contributed by atoms with Crippen molar-refractivity contribution in [3.8, 4) is 0 Å². The van der Waals surface area contributed by atoms with Crippen LogP contribution in [0.3, 0.4) is 0 Å². The van der Waals surface area contributed by atoms with Crippen LogP contribution in [0.4, 0.5) is 0 Å². The number of aliphatic carboxylic acids is 2. The van der Waals surface area contributed by atoms with Gasteiger partial charge in [0.25, 0.3) is 0 Å². The van der Waals surface area contributed by atoms with E-state index in [-0.39, 0.29) is 33.4 Å². The average molecular weight is 834 g/mol. The van der Waals surface area contributed by atoms with E-state index in [9.17, 15) is 19.8 Å². The van der Waals surface area contributed by atoms with Crippen molar-refractivity contribution >= 4 is 33.1 Å². The van der Waals surface area contributed by atoms with E-state index in [0.717, 1.165) is 77.0 Å². The summed E-state index contributed by atoms with van der Waals surface area (Å²) in [7, 11) is 0. The number of aliphatic hydroxyl groups is 2. The number of aliphatic hydroxyl groups excluding tert-OH is 2. The summed E-state index contributed by atoms with van der Waals surface area (Å²) in [6, 6.07) is 0. The second kappa shape index (κ2) is 49.7. The van der Waals surface area contributed by atoms with E-state index in [4.69, 9.17) is 10.2 Å². The fourth-order valence-electron chi connectivity index (χ4n) is 6.06. The van der Waals surface area contributed by atoms with E-state index in [1.54, 1.807) is 8.87 Å². The number of carbonyl (C=O) groups is 2. The SMILES string of the molecule is CCCCCCC(O)CCCCCCCCCCC(=O)O.CCCCCCC(O)CCCCCCCCCCC(=O)O.CCC[CH2][Sn][CH2]CCC. The number of unbranched alkanes of at least 4 members (excludes halogenated alkanes) is 22. The Bertz CT molecular complexity index is 608. The summed E-state index contributed by atoms with van der Waals surface area (Å²) in [6.45, 7) is 9.00. The number of rotatable bonds is 38. The van der Waals surface area contributed by atoms with Crippen LogP contribution in [0.25, 0.3) is 0 Å². The van der Waals surface area contributed by atoms with Gasteiger partial charge in [-0.1, -0.05) is 155 Å². The molecule has 0 aromatic carbocycles. The topological polar surface area (TPSA) is 115 Å². The first kappa shape index (κ1) is 55.0. The molecule has 0 amide bonds. The summed E-state index contributed by atoms with van der Waals surface area (Å²) in [6.07, 6.45) is 38.4. The Morgan fingerprint density at radius 3 is 0.863 bits per heavy atom. The van der Waals surface area contributed by atoms with Crippen molar-refractivity contribution in [2.24, 2.45) is 0 Å². The Morgan fingerprint density at radius 1 is 0.373 bits per heavy atom. The van der Waals surface area contributed by atoms with Crippen LogP contribution in [0.5, 0.6) is 0 Å². The van der Waals surface area contributed by atoms with E-state index in [2.05, 4.69) is 27.7 Å². The van der Waals surface area contributed by atoms with Crippen molar-refractivity contribution in [2.75, 3.05) is 0 Å². The molecule has 2 atom stereocenters. The van der Waals surface area contributed by atoms with Crippen LogP contribution in [0.15, 0.2) is 0 Å². The van der Waals surface area contributed by atoms with Gasteiger partial charge in [-0.25, -0.2) is 0 Å². The summed E-state index contributed by atoms with van der Waals surface area (Å²) in [5.41, 5.74) is 0. The molecule has 0 saturated heterocycles. The van der Waals surface area contributed by atoms with Crippen LogP contribution in [0.2, 0.25) is 8.87 Å². The van der Waals surface area contributed by atoms with Crippen molar-refractivity contribution in [3.63, 3.8) is 0 Å². The Morgan fingerprint density at radius 2 is 0.608 bits per heavy atom. The Balaban J connectivity index is -0.000000731. The molecule has 0 rings (SSSR count). The molecule has 7 heteroatoms. The van der Waals surface area contributed by atoms with Gasteiger partial charge in [-0.2, -0.15) is 0 Å². The zero-order chi connectivity index (χ0) is 38.5. The van der Waals surface area contributed by atoms with Gasteiger partial charge in [-0.05, 0) is 38.5 Å². The van der Waals surface area contributed by atoms with Gasteiger partial charge in [0, 0.05) is 12.8 Å². The maximum atomic E-state index is 10.3. The quantitative estimate of drug-likeness (QED) is 0.0364. The zero-order valence-corrected chi connectivity index (χ0v) is 37.6. The van der Waals surface area contributed by atoms with Crippen molar-refractivity contribution in [1.82, 2.24) is 0 Å². The van der Waals surface area contributed by atoms with Gasteiger partial charge >= 0.3 is 81.5 Å². The van der Waals surface area contributed by atoms with Crippen LogP contribution < -0.4 is 0 Å². The molecule has 0 aromatic rings. The second-order valence-corrected chi connectivity index (χ2v) is 19.3. The first-order chi connectivity index (χ1) is 24.7. The van der Waals surface area contributed by atoms with E-state index in [0.29, 0.717) is 12.8 Å². The van der Waals surface area contributed by atoms with Crippen LogP contribution in [0, 0.1) is 0 Å². The summed E-state index contributed by atoms with van der Waals surface area (Å²) >= 11 is 0.149. The number of hydrogen-bond donors (Lipinski definition) is 4. The number of carboxylic acid groups (broad SMARTS) is 2. The predicted octanol–water partition coefficient (Wildman–Crippen LogP) is 13.7. The fourth-order valence-corrected chi connectivity index (χ4v) is 10.2. The average Bonchev–Trinajstić information content (AvgIpc) is 3.10. The van der Waals surface area contributed by atoms with Gasteiger partial charge in [0.2, 0.25) is 0 Å². The molecule has 0 aliphatic carbocycles. The van der Waals surface area contributed by atoms with E-state index in [1.165, 1.54) is 128 Å². The van der Waals surface area contributed by atoms with E-state index < -0.39 is 11.9 Å². The zero-order valence-electron chi connectivity index (χ0n) is 34.7. The van der Waals surface area contributed by atoms with Gasteiger partial charge in [-0.3, -0.25) is 9.59 Å². The predicted molar refractivity (Wildman–Crippen MR) is 222 cm³/mol. The molecule has 0 heterocycles. The van der Waals surface area contributed by atoms with Crippen LogP contribution in [-0.4, -0.2) is 65.7 Å². The Hall–Kier alpha value is -0.341. The molecule has 0 aliphatic heterocycles. The number of carboxylic acids is 2. The Kier molecular flexibility index (Phi) is 53.6. The van der Waals surface area contributed by atoms with Crippen LogP contribution >= 0.6 is 0 Å². The molecule has 0 aromatic heterocycles. The van der Waals surface area contributed by atoms with Gasteiger partial charge in [0.15, 0.2) is 0 Å². The second-order valence-electron chi connectivity index (χ2n) is 15.0. The maximum absolute atomic E-state index is 10.3. The summed E-state index contributed by atoms with van der Waals surface area (Å²) in [4.78, 5) is 20.7. The van der Waals surface area contributed by atoms with Crippen LogP contribution in [0.1, 0.15) is 246 Å². The van der Waals surface area contributed by atoms with Gasteiger partial charge in [-0.15, -0.1) is 0 Å². The molecule has 2 radical (unpaired) electrons. The first-order valence-electron chi connectivity index (χ1n) is 22.2. The molecule has 4 N–H and O–H groups in total. The molecule has 0 aliphatic rings. The van der Waals surface area contributed by atoms with Crippen LogP contribution in [-0.2, 0) is 9.59 Å². The van der Waals surface area contributed by atoms with Gasteiger partial charge in [0.05, 0.1) is 12.2 Å². The molecule has 51 heavy (non-hydrogen) atoms. The minimum atomic E-state index is -0.678. The molecule has 2 unspecified atom stereocenters. The normalized spacial score (nSPS) is 12.0. The number of hydrogen-bond acceptors (Lipinski definition) is 4.